The number of terminal acetylenes is 1. The fourth-order valence-corrected chi connectivity index (χ4v) is 2.91. The van der Waals surface area contributed by atoms with Gasteiger partial charge in [-0.2, -0.15) is 0 Å². The van der Waals surface area contributed by atoms with E-state index in [1.807, 2.05) is 12.1 Å². The summed E-state index contributed by atoms with van der Waals surface area (Å²) in [6.45, 7) is 4.24. The molecule has 2 N–H and O–H groups in total. The number of unbranched alkanes of at least 4 members (excludes halogenated alkanes) is 2. The van der Waals surface area contributed by atoms with Crippen LogP contribution in [-0.4, -0.2) is 21.5 Å². The zero-order valence-corrected chi connectivity index (χ0v) is 13.4. The van der Waals surface area contributed by atoms with E-state index < -0.39 is 10.0 Å². The van der Waals surface area contributed by atoms with Crippen LogP contribution in [0.2, 0.25) is 0 Å². The Hall–Kier alpha value is -1.35. The molecule has 21 heavy (non-hydrogen) atoms. The number of hydrogen-bond donors (Lipinski definition) is 2. The maximum Gasteiger partial charge on any atom is 0.240 e. The highest BCUT2D eigenvalue weighted by Gasteiger charge is 2.12. The second-order valence-corrected chi connectivity index (χ2v) is 6.65. The number of hydrogen-bond acceptors (Lipinski definition) is 3. The van der Waals surface area contributed by atoms with E-state index in [1.165, 1.54) is 0 Å². The van der Waals surface area contributed by atoms with E-state index in [9.17, 15) is 8.42 Å². The Bertz CT molecular complexity index is 545. The van der Waals surface area contributed by atoms with Crippen molar-refractivity contribution in [2.24, 2.45) is 0 Å². The second-order valence-electron chi connectivity index (χ2n) is 4.88. The highest BCUT2D eigenvalue weighted by Crippen LogP contribution is 2.10. The molecule has 1 aromatic rings. The fourth-order valence-electron chi connectivity index (χ4n) is 1.84. The monoisotopic (exact) mass is 308 g/mol. The van der Waals surface area contributed by atoms with Gasteiger partial charge in [0.1, 0.15) is 0 Å². The highest BCUT2D eigenvalue weighted by atomic mass is 32.2. The Morgan fingerprint density at radius 3 is 2.48 bits per heavy atom. The third-order valence-electron chi connectivity index (χ3n) is 3.03. The van der Waals surface area contributed by atoms with Crippen molar-refractivity contribution < 1.29 is 8.42 Å². The summed E-state index contributed by atoms with van der Waals surface area (Å²) < 4.78 is 26.7. The molecule has 1 rings (SSSR count). The van der Waals surface area contributed by atoms with Crippen LogP contribution in [0.15, 0.2) is 29.2 Å². The standard InChI is InChI=1S/C16H24N2O2S/c1-3-5-6-7-13-18-21(19,20)16-10-8-15(9-11-16)14-17-12-4-2/h1,8-11,17-18H,4-7,12-14H2,2H3. The average Bonchev–Trinajstić information content (AvgIpc) is 2.48. The normalized spacial score (nSPS) is 11.2. The molecule has 5 heteroatoms. The molecule has 0 aliphatic rings. The zero-order chi connectivity index (χ0) is 15.6. The maximum absolute atomic E-state index is 12.1. The molecule has 0 saturated carbocycles. The lowest BCUT2D eigenvalue weighted by Crippen LogP contribution is -2.24. The molecule has 0 aromatic heterocycles. The largest absolute Gasteiger partial charge is 0.313 e. The summed E-state index contributed by atoms with van der Waals surface area (Å²) in [7, 11) is -3.41. The van der Waals surface area contributed by atoms with Gasteiger partial charge in [0.15, 0.2) is 0 Å². The summed E-state index contributed by atoms with van der Waals surface area (Å²) in [6.07, 6.45) is 8.50. The van der Waals surface area contributed by atoms with Crippen molar-refractivity contribution in [2.45, 2.75) is 44.0 Å². The van der Waals surface area contributed by atoms with Crippen LogP contribution in [-0.2, 0) is 16.6 Å². The number of nitrogens with one attached hydrogen (secondary N) is 2. The lowest BCUT2D eigenvalue weighted by molar-refractivity contribution is 0.577. The second kappa shape index (κ2) is 9.56. The first-order valence-corrected chi connectivity index (χ1v) is 8.81. The topological polar surface area (TPSA) is 58.2 Å². The van der Waals surface area contributed by atoms with Gasteiger partial charge in [-0.15, -0.1) is 12.3 Å². The van der Waals surface area contributed by atoms with Gasteiger partial charge in [-0.25, -0.2) is 13.1 Å². The zero-order valence-electron chi connectivity index (χ0n) is 12.6. The van der Waals surface area contributed by atoms with Crippen molar-refractivity contribution in [2.75, 3.05) is 13.1 Å². The van der Waals surface area contributed by atoms with Crippen LogP contribution in [0.1, 0.15) is 38.2 Å². The molecule has 116 valence electrons. The van der Waals surface area contributed by atoms with Crippen molar-refractivity contribution in [3.8, 4) is 12.3 Å². The summed E-state index contributed by atoms with van der Waals surface area (Å²) in [6, 6.07) is 6.98. The lowest BCUT2D eigenvalue weighted by Gasteiger charge is -2.08. The van der Waals surface area contributed by atoms with E-state index in [1.54, 1.807) is 12.1 Å². The molecule has 0 bridgehead atoms. The summed E-state index contributed by atoms with van der Waals surface area (Å²) in [5.41, 5.74) is 1.08. The van der Waals surface area contributed by atoms with Crippen LogP contribution in [0.3, 0.4) is 0 Å². The molecular weight excluding hydrogens is 284 g/mol. The Balaban J connectivity index is 2.49. The molecule has 0 saturated heterocycles. The van der Waals surface area contributed by atoms with E-state index in [0.717, 1.165) is 37.9 Å². The molecular formula is C16H24N2O2S. The van der Waals surface area contributed by atoms with Crippen molar-refractivity contribution in [3.05, 3.63) is 29.8 Å². The predicted molar refractivity (Wildman–Crippen MR) is 86.3 cm³/mol. The van der Waals surface area contributed by atoms with Gasteiger partial charge in [0.25, 0.3) is 0 Å². The van der Waals surface area contributed by atoms with Gasteiger partial charge >= 0.3 is 0 Å². The number of sulfonamides is 1. The molecule has 0 unspecified atom stereocenters. The Morgan fingerprint density at radius 2 is 1.86 bits per heavy atom. The molecule has 0 amide bonds. The summed E-state index contributed by atoms with van der Waals surface area (Å²) in [5, 5.41) is 3.28. The van der Waals surface area contributed by atoms with Crippen LogP contribution in [0.5, 0.6) is 0 Å². The van der Waals surface area contributed by atoms with E-state index in [2.05, 4.69) is 22.9 Å². The van der Waals surface area contributed by atoms with E-state index in [-0.39, 0.29) is 0 Å². The van der Waals surface area contributed by atoms with Gasteiger partial charge in [-0.3, -0.25) is 0 Å². The Kier molecular flexibility index (Phi) is 8.06. The van der Waals surface area contributed by atoms with Crippen LogP contribution in [0.25, 0.3) is 0 Å². The summed E-state index contributed by atoms with van der Waals surface area (Å²) in [4.78, 5) is 0.304. The van der Waals surface area contributed by atoms with E-state index >= 15 is 0 Å². The SMILES string of the molecule is C#CCCCCNS(=O)(=O)c1ccc(CNCCC)cc1. The molecule has 1 aromatic carbocycles. The van der Waals surface area contributed by atoms with Gasteiger partial charge < -0.3 is 5.32 Å². The van der Waals surface area contributed by atoms with Crippen molar-refractivity contribution >= 4 is 10.0 Å². The van der Waals surface area contributed by atoms with Crippen LogP contribution in [0.4, 0.5) is 0 Å². The van der Waals surface area contributed by atoms with E-state index in [0.29, 0.717) is 17.9 Å². The molecule has 0 heterocycles. The minimum atomic E-state index is -3.41. The molecule has 0 aliphatic heterocycles. The van der Waals surface area contributed by atoms with Crippen molar-refractivity contribution in [1.29, 1.82) is 0 Å². The minimum absolute atomic E-state index is 0.304. The molecule has 0 spiro atoms. The first-order valence-electron chi connectivity index (χ1n) is 7.33. The van der Waals surface area contributed by atoms with Gasteiger partial charge in [-0.1, -0.05) is 19.1 Å². The number of rotatable bonds is 10. The van der Waals surface area contributed by atoms with Crippen LogP contribution >= 0.6 is 0 Å². The highest BCUT2D eigenvalue weighted by molar-refractivity contribution is 7.89. The Morgan fingerprint density at radius 1 is 1.14 bits per heavy atom. The van der Waals surface area contributed by atoms with E-state index in [4.69, 9.17) is 6.42 Å². The first-order chi connectivity index (χ1) is 10.1. The predicted octanol–water partition coefficient (Wildman–Crippen LogP) is 2.27. The minimum Gasteiger partial charge on any atom is -0.313 e. The third-order valence-corrected chi connectivity index (χ3v) is 4.51. The van der Waals surface area contributed by atoms with Crippen LogP contribution < -0.4 is 10.0 Å². The van der Waals surface area contributed by atoms with Crippen molar-refractivity contribution in [1.82, 2.24) is 10.0 Å². The molecule has 4 nitrogen and oxygen atoms in total. The summed E-state index contributed by atoms with van der Waals surface area (Å²) >= 11 is 0. The third kappa shape index (κ3) is 6.76. The van der Waals surface area contributed by atoms with Crippen LogP contribution in [0, 0.1) is 12.3 Å². The molecule has 0 radical (unpaired) electrons. The smallest absolute Gasteiger partial charge is 0.240 e. The first kappa shape index (κ1) is 17.7. The van der Waals surface area contributed by atoms with Gasteiger partial charge in [0.05, 0.1) is 4.90 Å². The van der Waals surface area contributed by atoms with Gasteiger partial charge in [-0.05, 0) is 43.5 Å². The van der Waals surface area contributed by atoms with Crippen molar-refractivity contribution in [3.63, 3.8) is 0 Å². The van der Waals surface area contributed by atoms with Gasteiger partial charge in [0, 0.05) is 19.5 Å². The Labute approximate surface area is 128 Å². The molecule has 0 aliphatic carbocycles. The average molecular weight is 308 g/mol. The summed E-state index contributed by atoms with van der Waals surface area (Å²) in [5.74, 6) is 2.54. The fraction of sp³-hybridized carbons (Fsp3) is 0.500. The quantitative estimate of drug-likeness (QED) is 0.515. The molecule has 0 atom stereocenters. The van der Waals surface area contributed by atoms with Gasteiger partial charge in [0.2, 0.25) is 10.0 Å². The molecule has 0 fully saturated rings. The number of benzene rings is 1. The lowest BCUT2D eigenvalue weighted by atomic mass is 10.2. The maximum atomic E-state index is 12.1.